The Morgan fingerprint density at radius 3 is 1.97 bits per heavy atom. The number of halogens is 1. The van der Waals surface area contributed by atoms with Crippen LogP contribution < -0.4 is 0 Å². The first-order chi connectivity index (χ1) is 13.6. The molecule has 1 aromatic heterocycles. The average Bonchev–Trinajstić information content (AvgIpc) is 2.70. The maximum atomic E-state index is 13.4. The highest BCUT2D eigenvalue weighted by Gasteiger charge is 2.33. The second-order valence-corrected chi connectivity index (χ2v) is 9.39. The lowest BCUT2D eigenvalue weighted by Gasteiger charge is -2.35. The number of pyridine rings is 1. The normalized spacial score (nSPS) is 15.6. The molecular weight excluding hydrogens is 393 g/mol. The molecule has 3 rings (SSSR count). The Balaban J connectivity index is 1.83. The third-order valence-corrected chi connectivity index (χ3v) is 8.20. The van der Waals surface area contributed by atoms with Crippen molar-refractivity contribution < 1.29 is 17.6 Å². The average molecular weight is 420 g/mol. The van der Waals surface area contributed by atoms with Gasteiger partial charge in [0, 0.05) is 44.0 Å². The molecule has 0 N–H and O–H groups in total. The molecule has 1 aromatic carbocycles. The first-order valence-corrected chi connectivity index (χ1v) is 11.0. The lowest BCUT2D eigenvalue weighted by molar-refractivity contribution is 0.0697. The van der Waals surface area contributed by atoms with Crippen LogP contribution >= 0.6 is 0 Å². The summed E-state index contributed by atoms with van der Waals surface area (Å²) < 4.78 is 41.5. The highest BCUT2D eigenvalue weighted by molar-refractivity contribution is 7.89. The topological polar surface area (TPSA) is 70.6 Å². The van der Waals surface area contributed by atoms with E-state index in [9.17, 15) is 17.6 Å². The van der Waals surface area contributed by atoms with E-state index >= 15 is 0 Å². The Morgan fingerprint density at radius 1 is 0.931 bits per heavy atom. The molecule has 0 atom stereocenters. The first kappa shape index (κ1) is 21.4. The molecule has 29 heavy (non-hydrogen) atoms. The molecule has 6 nitrogen and oxygen atoms in total. The second kappa shape index (κ2) is 7.84. The summed E-state index contributed by atoms with van der Waals surface area (Å²) in [6.45, 7) is 10.5. The fraction of sp³-hybridized carbons (Fsp3) is 0.429. The molecule has 0 radical (unpaired) electrons. The molecule has 0 aliphatic carbocycles. The van der Waals surface area contributed by atoms with Gasteiger partial charge in [0.2, 0.25) is 16.0 Å². The molecule has 8 heteroatoms. The Labute approximate surface area is 171 Å². The molecule has 2 heterocycles. The fourth-order valence-corrected chi connectivity index (χ4v) is 5.81. The van der Waals surface area contributed by atoms with E-state index in [2.05, 4.69) is 4.98 Å². The lowest BCUT2D eigenvalue weighted by atomic mass is 9.95. The van der Waals surface area contributed by atoms with E-state index in [0.29, 0.717) is 4.90 Å². The fourth-order valence-electron chi connectivity index (χ4n) is 3.83. The summed E-state index contributed by atoms with van der Waals surface area (Å²) in [7, 11) is -3.68. The van der Waals surface area contributed by atoms with E-state index < -0.39 is 16.0 Å². The summed E-state index contributed by atoms with van der Waals surface area (Å²) in [5.74, 6) is -1.04. The first-order valence-electron chi connectivity index (χ1n) is 9.53. The molecular formula is C21H26FN3O3S. The number of amides is 1. The summed E-state index contributed by atoms with van der Waals surface area (Å²) >= 11 is 0. The van der Waals surface area contributed by atoms with Gasteiger partial charge >= 0.3 is 0 Å². The van der Waals surface area contributed by atoms with Crippen LogP contribution in [0.25, 0.3) is 0 Å². The second-order valence-electron chi connectivity index (χ2n) is 7.52. The minimum absolute atomic E-state index is 0.201. The SMILES string of the molecule is Cc1c(C)c(C)c(S(=O)(=O)N2CCN(C(=O)c3ccnc(F)c3)CC2)c(C)c1C. The number of sulfonamides is 1. The Bertz CT molecular complexity index is 1050. The number of aromatic nitrogens is 1. The molecule has 0 unspecified atom stereocenters. The van der Waals surface area contributed by atoms with E-state index in [1.807, 2.05) is 34.6 Å². The van der Waals surface area contributed by atoms with Gasteiger partial charge in [-0.05, 0) is 68.5 Å². The summed E-state index contributed by atoms with van der Waals surface area (Å²) in [6.07, 6.45) is 1.25. The zero-order chi connectivity index (χ0) is 21.5. The van der Waals surface area contributed by atoms with Crippen LogP contribution in [-0.2, 0) is 10.0 Å². The van der Waals surface area contributed by atoms with Gasteiger partial charge in [-0.25, -0.2) is 13.4 Å². The monoisotopic (exact) mass is 419 g/mol. The van der Waals surface area contributed by atoms with E-state index in [4.69, 9.17) is 0 Å². The molecule has 1 aliphatic heterocycles. The number of benzene rings is 1. The number of nitrogens with zero attached hydrogens (tertiary/aromatic N) is 3. The molecule has 1 fully saturated rings. The van der Waals surface area contributed by atoms with Gasteiger partial charge in [0.25, 0.3) is 5.91 Å². The zero-order valence-electron chi connectivity index (χ0n) is 17.4. The molecule has 0 saturated carbocycles. The smallest absolute Gasteiger partial charge is 0.254 e. The van der Waals surface area contributed by atoms with Gasteiger partial charge in [-0.2, -0.15) is 8.70 Å². The van der Waals surface area contributed by atoms with Gasteiger partial charge in [-0.1, -0.05) is 0 Å². The van der Waals surface area contributed by atoms with Gasteiger partial charge in [0.15, 0.2) is 0 Å². The molecule has 0 spiro atoms. The molecule has 1 aliphatic rings. The van der Waals surface area contributed by atoms with Crippen molar-refractivity contribution in [3.8, 4) is 0 Å². The van der Waals surface area contributed by atoms with Crippen LogP contribution in [0.15, 0.2) is 23.2 Å². The molecule has 156 valence electrons. The van der Waals surface area contributed by atoms with E-state index in [1.165, 1.54) is 16.6 Å². The number of hydrogen-bond donors (Lipinski definition) is 0. The third-order valence-electron chi connectivity index (χ3n) is 6.03. The van der Waals surface area contributed by atoms with Crippen molar-refractivity contribution in [2.45, 2.75) is 39.5 Å². The minimum atomic E-state index is -3.68. The highest BCUT2D eigenvalue weighted by atomic mass is 32.2. The van der Waals surface area contributed by atoms with E-state index in [-0.39, 0.29) is 37.6 Å². The van der Waals surface area contributed by atoms with E-state index in [0.717, 1.165) is 33.9 Å². The van der Waals surface area contributed by atoms with Crippen molar-refractivity contribution in [2.24, 2.45) is 0 Å². The van der Waals surface area contributed by atoms with E-state index in [1.54, 1.807) is 4.90 Å². The van der Waals surface area contributed by atoms with Crippen LogP contribution in [0, 0.1) is 40.6 Å². The minimum Gasteiger partial charge on any atom is -0.336 e. The molecule has 0 bridgehead atoms. The molecule has 1 amide bonds. The Hall–Kier alpha value is -2.32. The predicted octanol–water partition coefficient (Wildman–Crippen LogP) is 2.91. The highest BCUT2D eigenvalue weighted by Crippen LogP contribution is 2.32. The largest absolute Gasteiger partial charge is 0.336 e. The summed E-state index contributed by atoms with van der Waals surface area (Å²) in [6, 6.07) is 2.55. The van der Waals surface area contributed by atoms with Crippen LogP contribution in [-0.4, -0.2) is 54.7 Å². The summed E-state index contributed by atoms with van der Waals surface area (Å²) in [5, 5.41) is 0. The quantitative estimate of drug-likeness (QED) is 0.718. The van der Waals surface area contributed by atoms with Gasteiger partial charge in [0.05, 0.1) is 4.90 Å². The van der Waals surface area contributed by atoms with Crippen molar-refractivity contribution in [2.75, 3.05) is 26.2 Å². The van der Waals surface area contributed by atoms with Crippen molar-refractivity contribution >= 4 is 15.9 Å². The Morgan fingerprint density at radius 2 is 1.45 bits per heavy atom. The third kappa shape index (κ3) is 3.79. The Kier molecular flexibility index (Phi) is 5.78. The number of hydrogen-bond acceptors (Lipinski definition) is 4. The number of carbonyl (C=O) groups excluding carboxylic acids is 1. The van der Waals surface area contributed by atoms with Crippen LogP contribution in [0.4, 0.5) is 4.39 Å². The van der Waals surface area contributed by atoms with Gasteiger partial charge in [0.1, 0.15) is 0 Å². The zero-order valence-corrected chi connectivity index (χ0v) is 18.2. The van der Waals surface area contributed by atoms with Gasteiger partial charge in [-0.15, -0.1) is 0 Å². The van der Waals surface area contributed by atoms with Crippen LogP contribution in [0.1, 0.15) is 38.2 Å². The summed E-state index contributed by atoms with van der Waals surface area (Å²) in [5.41, 5.74) is 4.84. The van der Waals surface area contributed by atoms with Crippen molar-refractivity contribution in [3.63, 3.8) is 0 Å². The standard InChI is InChI=1S/C21H26FN3O3S/c1-13-14(2)16(4)20(17(5)15(13)3)29(27,28)25-10-8-24(9-11-25)21(26)18-6-7-23-19(22)12-18/h6-7,12H,8-11H2,1-5H3. The van der Waals surface area contributed by atoms with Gasteiger partial charge in [-0.3, -0.25) is 4.79 Å². The van der Waals surface area contributed by atoms with Crippen molar-refractivity contribution in [3.05, 3.63) is 57.7 Å². The van der Waals surface area contributed by atoms with Crippen LogP contribution in [0.5, 0.6) is 0 Å². The maximum absolute atomic E-state index is 13.4. The molecule has 1 saturated heterocycles. The molecule has 2 aromatic rings. The summed E-state index contributed by atoms with van der Waals surface area (Å²) in [4.78, 5) is 18.0. The number of carbonyl (C=O) groups is 1. The maximum Gasteiger partial charge on any atom is 0.254 e. The predicted molar refractivity (Wildman–Crippen MR) is 109 cm³/mol. The lowest BCUT2D eigenvalue weighted by Crippen LogP contribution is -2.50. The number of rotatable bonds is 3. The number of piperazine rings is 1. The van der Waals surface area contributed by atoms with Crippen LogP contribution in [0.2, 0.25) is 0 Å². The van der Waals surface area contributed by atoms with Crippen LogP contribution in [0.3, 0.4) is 0 Å². The van der Waals surface area contributed by atoms with Gasteiger partial charge < -0.3 is 4.90 Å². The van der Waals surface area contributed by atoms with Crippen molar-refractivity contribution in [1.29, 1.82) is 0 Å². The van der Waals surface area contributed by atoms with Crippen molar-refractivity contribution in [1.82, 2.24) is 14.2 Å².